The van der Waals surface area contributed by atoms with Gasteiger partial charge >= 0.3 is 5.97 Å². The highest BCUT2D eigenvalue weighted by Gasteiger charge is 2.35. The minimum absolute atomic E-state index is 0.278. The monoisotopic (exact) mass is 495 g/mol. The molecule has 0 aliphatic carbocycles. The summed E-state index contributed by atoms with van der Waals surface area (Å²) in [4.78, 5) is 27.1. The van der Waals surface area contributed by atoms with Gasteiger partial charge in [0.1, 0.15) is 12.4 Å². The van der Waals surface area contributed by atoms with Crippen LogP contribution in [0, 0.1) is 0 Å². The molecule has 1 aliphatic heterocycles. The minimum Gasteiger partial charge on any atom is -0.489 e. The van der Waals surface area contributed by atoms with Crippen LogP contribution < -0.4 is 9.64 Å². The third kappa shape index (κ3) is 5.27. The molecule has 3 aromatic rings. The van der Waals surface area contributed by atoms with Gasteiger partial charge in [-0.15, -0.1) is 0 Å². The molecular weight excluding hydrogens is 478 g/mol. The topological polar surface area (TPSA) is 55.8 Å². The highest BCUT2D eigenvalue weighted by Crippen LogP contribution is 2.37. The molecule has 5 nitrogen and oxygen atoms in total. The second-order valence-electron chi connectivity index (χ2n) is 7.01. The van der Waals surface area contributed by atoms with Crippen molar-refractivity contribution in [3.63, 3.8) is 0 Å². The van der Waals surface area contributed by atoms with Crippen molar-refractivity contribution in [1.29, 1.82) is 0 Å². The molecular formula is C25H18ClNO4S2. The lowest BCUT2D eigenvalue weighted by atomic mass is 10.1. The number of esters is 1. The molecule has 3 aromatic carbocycles. The van der Waals surface area contributed by atoms with Gasteiger partial charge in [0.05, 0.1) is 23.3 Å². The van der Waals surface area contributed by atoms with E-state index in [2.05, 4.69) is 0 Å². The number of carbonyl (C=O) groups is 2. The van der Waals surface area contributed by atoms with Crippen molar-refractivity contribution >= 4 is 63.5 Å². The first-order valence-corrected chi connectivity index (χ1v) is 11.5. The molecule has 1 fully saturated rings. The fourth-order valence-corrected chi connectivity index (χ4v) is 4.60. The molecule has 0 atom stereocenters. The Kier molecular flexibility index (Phi) is 7.13. The predicted octanol–water partition coefficient (Wildman–Crippen LogP) is 6.11. The van der Waals surface area contributed by atoms with E-state index < -0.39 is 5.97 Å². The molecule has 33 heavy (non-hydrogen) atoms. The van der Waals surface area contributed by atoms with Crippen LogP contribution in [0.25, 0.3) is 6.08 Å². The third-order valence-corrected chi connectivity index (χ3v) is 6.39. The normalized spacial score (nSPS) is 14.6. The van der Waals surface area contributed by atoms with Crippen LogP contribution in [0.2, 0.25) is 5.02 Å². The van der Waals surface area contributed by atoms with Gasteiger partial charge in [0.2, 0.25) is 0 Å². The van der Waals surface area contributed by atoms with E-state index in [0.29, 0.717) is 32.3 Å². The number of carbonyl (C=O) groups excluding carboxylic acids is 2. The second-order valence-corrected chi connectivity index (χ2v) is 9.12. The molecule has 1 aliphatic rings. The SMILES string of the molecule is COC(=O)c1ccccc1N1C(=O)/C(=C/c2ccc(OCc3ccc(Cl)cc3)cc2)SC1=S. The average molecular weight is 496 g/mol. The molecule has 1 amide bonds. The molecule has 0 bridgehead atoms. The number of methoxy groups -OCH3 is 1. The first kappa shape index (κ1) is 23.0. The maximum Gasteiger partial charge on any atom is 0.339 e. The Morgan fingerprint density at radius 2 is 1.76 bits per heavy atom. The summed E-state index contributed by atoms with van der Waals surface area (Å²) in [6.07, 6.45) is 1.77. The molecule has 8 heteroatoms. The van der Waals surface area contributed by atoms with Crippen LogP contribution in [0.1, 0.15) is 21.5 Å². The summed E-state index contributed by atoms with van der Waals surface area (Å²) in [5, 5.41) is 0.683. The molecule has 0 saturated carbocycles. The average Bonchev–Trinajstić information content (AvgIpc) is 3.11. The molecule has 4 rings (SSSR count). The zero-order valence-electron chi connectivity index (χ0n) is 17.5. The second kappa shape index (κ2) is 10.2. The van der Waals surface area contributed by atoms with Crippen molar-refractivity contribution in [3.05, 3.63) is 99.4 Å². The van der Waals surface area contributed by atoms with Crippen LogP contribution in [0.3, 0.4) is 0 Å². The maximum absolute atomic E-state index is 13.1. The lowest BCUT2D eigenvalue weighted by Crippen LogP contribution is -2.29. The number of amides is 1. The van der Waals surface area contributed by atoms with Crippen molar-refractivity contribution in [1.82, 2.24) is 0 Å². The number of rotatable bonds is 6. The van der Waals surface area contributed by atoms with Crippen LogP contribution in [0.5, 0.6) is 5.75 Å². The van der Waals surface area contributed by atoms with Gasteiger partial charge in [0.25, 0.3) is 5.91 Å². The fraction of sp³-hybridized carbons (Fsp3) is 0.0800. The summed E-state index contributed by atoms with van der Waals surface area (Å²) < 4.78 is 11.0. The van der Waals surface area contributed by atoms with Crippen LogP contribution in [0.4, 0.5) is 5.69 Å². The van der Waals surface area contributed by atoms with Gasteiger partial charge in [-0.1, -0.05) is 72.0 Å². The quantitative estimate of drug-likeness (QED) is 0.233. The van der Waals surface area contributed by atoms with Gasteiger partial charge in [0, 0.05) is 5.02 Å². The van der Waals surface area contributed by atoms with Crippen LogP contribution in [-0.4, -0.2) is 23.3 Å². The number of para-hydroxylation sites is 1. The molecule has 0 aromatic heterocycles. The van der Waals surface area contributed by atoms with E-state index in [4.69, 9.17) is 33.3 Å². The minimum atomic E-state index is -0.530. The van der Waals surface area contributed by atoms with Gasteiger partial charge in [-0.3, -0.25) is 9.69 Å². The van der Waals surface area contributed by atoms with Crippen molar-refractivity contribution < 1.29 is 19.1 Å². The molecule has 1 saturated heterocycles. The van der Waals surface area contributed by atoms with Gasteiger partial charge in [-0.2, -0.15) is 0 Å². The lowest BCUT2D eigenvalue weighted by Gasteiger charge is -2.17. The highest BCUT2D eigenvalue weighted by atomic mass is 35.5. The maximum atomic E-state index is 13.1. The molecule has 166 valence electrons. The Labute approximate surface area is 205 Å². The first-order valence-electron chi connectivity index (χ1n) is 9.89. The number of halogens is 1. The van der Waals surface area contributed by atoms with E-state index in [1.165, 1.54) is 23.8 Å². The Morgan fingerprint density at radius 3 is 2.45 bits per heavy atom. The van der Waals surface area contributed by atoms with Crippen molar-refractivity contribution in [2.45, 2.75) is 6.61 Å². The molecule has 0 radical (unpaired) electrons. The summed E-state index contributed by atoms with van der Waals surface area (Å²) in [5.41, 5.74) is 2.52. The van der Waals surface area contributed by atoms with Crippen molar-refractivity contribution in [2.75, 3.05) is 12.0 Å². The molecule has 0 unspecified atom stereocenters. The third-order valence-electron chi connectivity index (χ3n) is 4.84. The molecule has 1 heterocycles. The standard InChI is InChI=1S/C25H18ClNO4S2/c1-30-24(29)20-4-2-3-5-21(20)27-23(28)22(33-25(27)32)14-16-8-12-19(13-9-16)31-15-17-6-10-18(26)11-7-17/h2-14H,15H2,1H3/b22-14-. The smallest absolute Gasteiger partial charge is 0.339 e. The van der Waals surface area contributed by atoms with Crippen LogP contribution >= 0.6 is 35.6 Å². The zero-order valence-corrected chi connectivity index (χ0v) is 19.9. The summed E-state index contributed by atoms with van der Waals surface area (Å²) in [6.45, 7) is 0.425. The fourth-order valence-electron chi connectivity index (χ4n) is 3.19. The Hall–Kier alpha value is -3.13. The number of hydrogen-bond donors (Lipinski definition) is 0. The molecule has 0 N–H and O–H groups in total. The number of ether oxygens (including phenoxy) is 2. The van der Waals surface area contributed by atoms with E-state index in [1.807, 2.05) is 48.5 Å². The van der Waals surface area contributed by atoms with E-state index >= 15 is 0 Å². The number of anilines is 1. The van der Waals surface area contributed by atoms with Crippen LogP contribution in [-0.2, 0) is 16.1 Å². The lowest BCUT2D eigenvalue weighted by molar-refractivity contribution is -0.113. The van der Waals surface area contributed by atoms with Gasteiger partial charge < -0.3 is 9.47 Å². The van der Waals surface area contributed by atoms with E-state index in [0.717, 1.165) is 11.1 Å². The zero-order chi connectivity index (χ0) is 23.4. The number of thiocarbonyl (C=S) groups is 1. The van der Waals surface area contributed by atoms with Gasteiger partial charge in [-0.25, -0.2) is 4.79 Å². The number of hydrogen-bond acceptors (Lipinski definition) is 6. The van der Waals surface area contributed by atoms with E-state index in [1.54, 1.807) is 30.3 Å². The van der Waals surface area contributed by atoms with Gasteiger partial charge in [-0.05, 0) is 53.6 Å². The first-order chi connectivity index (χ1) is 16.0. The Morgan fingerprint density at radius 1 is 1.06 bits per heavy atom. The summed E-state index contributed by atoms with van der Waals surface area (Å²) >= 11 is 12.5. The van der Waals surface area contributed by atoms with Crippen molar-refractivity contribution in [2.24, 2.45) is 0 Å². The number of nitrogens with zero attached hydrogens (tertiary/aromatic N) is 1. The summed E-state index contributed by atoms with van der Waals surface area (Å²) in [5.74, 6) is -0.108. The summed E-state index contributed by atoms with van der Waals surface area (Å²) in [7, 11) is 1.30. The summed E-state index contributed by atoms with van der Waals surface area (Å²) in [6, 6.07) is 21.6. The van der Waals surface area contributed by atoms with Crippen LogP contribution in [0.15, 0.2) is 77.7 Å². The van der Waals surface area contributed by atoms with E-state index in [9.17, 15) is 9.59 Å². The van der Waals surface area contributed by atoms with Crippen molar-refractivity contribution in [3.8, 4) is 5.75 Å². The van der Waals surface area contributed by atoms with Gasteiger partial charge in [0.15, 0.2) is 4.32 Å². The highest BCUT2D eigenvalue weighted by molar-refractivity contribution is 8.27. The Bertz CT molecular complexity index is 1240. The number of thioether (sulfide) groups is 1. The van der Waals surface area contributed by atoms with E-state index in [-0.39, 0.29) is 11.5 Å². The number of benzene rings is 3. The Balaban J connectivity index is 1.49. The largest absolute Gasteiger partial charge is 0.489 e. The predicted molar refractivity (Wildman–Crippen MR) is 136 cm³/mol. The molecule has 0 spiro atoms.